The zero-order valence-corrected chi connectivity index (χ0v) is 23.7. The average Bonchev–Trinajstić information content (AvgIpc) is 3.54. The van der Waals surface area contributed by atoms with Gasteiger partial charge >= 0.3 is 15.1 Å². The monoisotopic (exact) mass is 613 g/mol. The Hall–Kier alpha value is -2.97. The van der Waals surface area contributed by atoms with E-state index < -0.39 is 20.3 Å². The summed E-state index contributed by atoms with van der Waals surface area (Å²) in [6, 6.07) is 12.9. The first kappa shape index (κ1) is 29.0. The zero-order valence-electron chi connectivity index (χ0n) is 20.5. The van der Waals surface area contributed by atoms with Crippen LogP contribution < -0.4 is 9.08 Å². The summed E-state index contributed by atoms with van der Waals surface area (Å²) in [6.07, 6.45) is -0.0972. The molecule has 0 amide bonds. The fraction of sp³-hybridized carbons (Fsp3) is 0.333. The van der Waals surface area contributed by atoms with Gasteiger partial charge in [0, 0.05) is 30.5 Å². The maximum atomic E-state index is 13.6. The second-order valence-electron chi connectivity index (χ2n) is 8.41. The Labute approximate surface area is 238 Å². The summed E-state index contributed by atoms with van der Waals surface area (Å²) in [5.41, 5.74) is 2.49. The van der Waals surface area contributed by atoms with E-state index in [0.29, 0.717) is 41.4 Å². The summed E-state index contributed by atoms with van der Waals surface area (Å²) in [5.74, 6) is 0.864. The van der Waals surface area contributed by atoms with Crippen molar-refractivity contribution in [3.63, 3.8) is 0 Å². The van der Waals surface area contributed by atoms with Gasteiger partial charge in [0.1, 0.15) is 22.0 Å². The molecule has 0 aliphatic heterocycles. The summed E-state index contributed by atoms with van der Waals surface area (Å²) >= 11 is 12.6. The molecule has 2 aromatic heterocycles. The molecule has 4 rings (SSSR count). The summed E-state index contributed by atoms with van der Waals surface area (Å²) in [5, 5.41) is 29.2. The molecule has 0 aliphatic carbocycles. The number of halogens is 2. The predicted octanol–water partition coefficient (Wildman–Crippen LogP) is 4.37. The van der Waals surface area contributed by atoms with Gasteiger partial charge in [0.25, 0.3) is 0 Å². The number of hydrogen-bond acceptors (Lipinski definition) is 10. The number of anilines is 1. The lowest BCUT2D eigenvalue weighted by molar-refractivity contribution is -0.380. The molecule has 4 aromatic rings. The Balaban J connectivity index is 1.65. The van der Waals surface area contributed by atoms with Gasteiger partial charge in [0.05, 0.1) is 23.6 Å². The molecular formula is C24H25Cl2N5O6S2. The Morgan fingerprint density at radius 2 is 1.77 bits per heavy atom. The van der Waals surface area contributed by atoms with Crippen LogP contribution in [0.5, 0.6) is 5.75 Å². The topological polar surface area (TPSA) is 141 Å². The molecule has 1 N–H and O–H groups in total. The highest BCUT2D eigenvalue weighted by atomic mass is 35.5. The van der Waals surface area contributed by atoms with Gasteiger partial charge in [0.2, 0.25) is 0 Å². The Morgan fingerprint density at radius 1 is 1.08 bits per heavy atom. The standard InChI is InChI=1S/C24H25Cl2N5O6S2/c25-8-10-29(11-9-26)18-2-4-19(5-3-18)37-39(35,36)23(20-7-14-38-24(20)31(33)34)16-17-1-6-21-22(15-17)28-30(27-21)12-13-32/h1-7,14-15,23,32H,8-13,16H2. The lowest BCUT2D eigenvalue weighted by atomic mass is 10.1. The Bertz CT molecular complexity index is 1520. The van der Waals surface area contributed by atoms with E-state index >= 15 is 0 Å². The van der Waals surface area contributed by atoms with E-state index in [1.165, 1.54) is 28.4 Å². The molecule has 39 heavy (non-hydrogen) atoms. The first-order valence-electron chi connectivity index (χ1n) is 11.8. The van der Waals surface area contributed by atoms with Gasteiger partial charge in [-0.05, 0) is 59.8 Å². The van der Waals surface area contributed by atoms with Crippen LogP contribution >= 0.6 is 34.5 Å². The minimum Gasteiger partial charge on any atom is -0.394 e. The minimum absolute atomic E-state index is 0.0426. The third-order valence-electron chi connectivity index (χ3n) is 5.87. The van der Waals surface area contributed by atoms with Crippen molar-refractivity contribution in [3.8, 4) is 5.75 Å². The molecule has 0 spiro atoms. The molecule has 0 saturated carbocycles. The lowest BCUT2D eigenvalue weighted by Crippen LogP contribution is -2.27. The van der Waals surface area contributed by atoms with Crippen molar-refractivity contribution in [2.75, 3.05) is 36.4 Å². The van der Waals surface area contributed by atoms with Gasteiger partial charge in [-0.1, -0.05) is 17.4 Å². The second kappa shape index (κ2) is 12.9. The van der Waals surface area contributed by atoms with Gasteiger partial charge in [-0.25, -0.2) is 0 Å². The summed E-state index contributed by atoms with van der Waals surface area (Å²) in [7, 11) is -4.39. The zero-order chi connectivity index (χ0) is 28.0. The highest BCUT2D eigenvalue weighted by Crippen LogP contribution is 2.38. The van der Waals surface area contributed by atoms with Crippen LogP contribution in [0, 0.1) is 10.1 Å². The third kappa shape index (κ3) is 6.97. The van der Waals surface area contributed by atoms with Gasteiger partial charge in [-0.15, -0.1) is 23.2 Å². The van der Waals surface area contributed by atoms with Crippen LogP contribution in [0.15, 0.2) is 53.9 Å². The smallest absolute Gasteiger partial charge is 0.328 e. The number of nitro groups is 1. The molecule has 0 radical (unpaired) electrons. The number of thiophene rings is 1. The Morgan fingerprint density at radius 3 is 2.41 bits per heavy atom. The number of fused-ring (bicyclic) bond motifs is 1. The molecule has 2 heterocycles. The van der Waals surface area contributed by atoms with Crippen LogP contribution in [0.25, 0.3) is 11.0 Å². The van der Waals surface area contributed by atoms with Crippen LogP contribution in [0.1, 0.15) is 16.4 Å². The van der Waals surface area contributed by atoms with Crippen molar-refractivity contribution in [1.29, 1.82) is 0 Å². The number of aromatic nitrogens is 3. The molecule has 208 valence electrons. The molecule has 0 fully saturated rings. The van der Waals surface area contributed by atoms with Crippen LogP contribution in [-0.2, 0) is 23.1 Å². The van der Waals surface area contributed by atoms with E-state index in [4.69, 9.17) is 32.5 Å². The fourth-order valence-corrected chi connectivity index (χ4v) is 6.74. The van der Waals surface area contributed by atoms with E-state index in [-0.39, 0.29) is 35.9 Å². The summed E-state index contributed by atoms with van der Waals surface area (Å²) < 4.78 is 32.7. The lowest BCUT2D eigenvalue weighted by Gasteiger charge is -2.23. The molecule has 0 saturated heterocycles. The largest absolute Gasteiger partial charge is 0.394 e. The number of hydrogen-bond donors (Lipinski definition) is 1. The van der Waals surface area contributed by atoms with E-state index in [1.807, 2.05) is 4.90 Å². The van der Waals surface area contributed by atoms with E-state index in [9.17, 15) is 18.5 Å². The summed E-state index contributed by atoms with van der Waals surface area (Å²) in [4.78, 5) is 14.4. The van der Waals surface area contributed by atoms with E-state index in [0.717, 1.165) is 17.0 Å². The van der Waals surface area contributed by atoms with Crippen molar-refractivity contribution in [3.05, 3.63) is 75.2 Å². The van der Waals surface area contributed by atoms with Crippen LogP contribution in [-0.4, -0.2) is 64.9 Å². The van der Waals surface area contributed by atoms with Gasteiger partial charge in [-0.2, -0.15) is 23.4 Å². The third-order valence-corrected chi connectivity index (χ3v) is 8.63. The molecule has 1 unspecified atom stereocenters. The van der Waals surface area contributed by atoms with Crippen molar-refractivity contribution in [2.24, 2.45) is 0 Å². The van der Waals surface area contributed by atoms with Crippen molar-refractivity contribution >= 4 is 66.4 Å². The van der Waals surface area contributed by atoms with E-state index in [2.05, 4.69) is 10.2 Å². The maximum absolute atomic E-state index is 13.6. The van der Waals surface area contributed by atoms with Gasteiger partial charge < -0.3 is 14.2 Å². The quantitative estimate of drug-likeness (QED) is 0.0949. The Kier molecular flexibility index (Phi) is 9.62. The molecule has 1 atom stereocenters. The van der Waals surface area contributed by atoms with Crippen molar-refractivity contribution < 1.29 is 22.6 Å². The van der Waals surface area contributed by atoms with E-state index in [1.54, 1.807) is 30.3 Å². The molecule has 0 aliphatic rings. The maximum Gasteiger partial charge on any atom is 0.328 e. The van der Waals surface area contributed by atoms with Crippen molar-refractivity contribution in [1.82, 2.24) is 15.0 Å². The number of alkyl halides is 2. The molecule has 0 bridgehead atoms. The number of aliphatic hydroxyl groups excluding tert-OH is 1. The predicted molar refractivity (Wildman–Crippen MR) is 152 cm³/mol. The van der Waals surface area contributed by atoms with Gasteiger partial charge in [0.15, 0.2) is 0 Å². The first-order chi connectivity index (χ1) is 18.7. The highest BCUT2D eigenvalue weighted by molar-refractivity contribution is 7.87. The van der Waals surface area contributed by atoms with Crippen molar-refractivity contribution in [2.45, 2.75) is 18.2 Å². The normalized spacial score (nSPS) is 12.5. The molecule has 15 heteroatoms. The SMILES string of the molecule is O=[N+]([O-])c1sccc1C(Cc1ccc2nn(CCO)nc2c1)S(=O)(=O)Oc1ccc(N(CCCl)CCCl)cc1. The molecule has 11 nitrogen and oxygen atoms in total. The fourth-order valence-electron chi connectivity index (χ4n) is 4.09. The number of benzene rings is 2. The second-order valence-corrected chi connectivity index (χ2v) is 11.8. The number of aliphatic hydroxyl groups is 1. The number of rotatable bonds is 14. The van der Waals surface area contributed by atoms with Crippen LogP contribution in [0.3, 0.4) is 0 Å². The highest BCUT2D eigenvalue weighted by Gasteiger charge is 2.36. The van der Waals surface area contributed by atoms with Gasteiger partial charge in [-0.3, -0.25) is 10.1 Å². The first-order valence-corrected chi connectivity index (χ1v) is 15.2. The minimum atomic E-state index is -4.39. The average molecular weight is 615 g/mol. The van der Waals surface area contributed by atoms with Crippen LogP contribution in [0.4, 0.5) is 10.7 Å². The summed E-state index contributed by atoms with van der Waals surface area (Å²) in [6.45, 7) is 1.21. The molecular weight excluding hydrogens is 589 g/mol. The molecule has 2 aromatic carbocycles. The number of nitrogens with zero attached hydrogens (tertiary/aromatic N) is 5. The van der Waals surface area contributed by atoms with Crippen LogP contribution in [0.2, 0.25) is 0 Å².